The SMILES string of the molecule is Cc1ccc2nc(-c3ccc(Br)cc3)nc(N3CCN(c4ccccc4)CC3)c2c1. The molecular formula is C25H23BrN4. The third-order valence-corrected chi connectivity index (χ3v) is 6.16. The largest absolute Gasteiger partial charge is 0.368 e. The average Bonchev–Trinajstić information content (AvgIpc) is 2.80. The molecule has 0 saturated carbocycles. The molecule has 5 heteroatoms. The number of para-hydroxylation sites is 1. The number of fused-ring (bicyclic) bond motifs is 1. The molecule has 0 unspecified atom stereocenters. The van der Waals surface area contributed by atoms with E-state index in [4.69, 9.17) is 9.97 Å². The Morgan fingerprint density at radius 3 is 2.20 bits per heavy atom. The van der Waals surface area contributed by atoms with Gasteiger partial charge in [-0.15, -0.1) is 0 Å². The van der Waals surface area contributed by atoms with Crippen LogP contribution in [0.5, 0.6) is 0 Å². The number of hydrogen-bond donors (Lipinski definition) is 0. The van der Waals surface area contributed by atoms with E-state index in [9.17, 15) is 0 Å². The van der Waals surface area contributed by atoms with E-state index in [2.05, 4.69) is 93.3 Å². The molecule has 150 valence electrons. The Balaban J connectivity index is 1.51. The van der Waals surface area contributed by atoms with Crippen LogP contribution in [-0.2, 0) is 0 Å². The van der Waals surface area contributed by atoms with Gasteiger partial charge >= 0.3 is 0 Å². The maximum absolute atomic E-state index is 5.04. The van der Waals surface area contributed by atoms with Gasteiger partial charge in [0.05, 0.1) is 5.52 Å². The molecule has 1 aromatic heterocycles. The predicted octanol–water partition coefficient (Wildman–Crippen LogP) is 5.69. The number of aromatic nitrogens is 2. The van der Waals surface area contributed by atoms with Gasteiger partial charge in [0.1, 0.15) is 5.82 Å². The third-order valence-electron chi connectivity index (χ3n) is 5.63. The molecule has 30 heavy (non-hydrogen) atoms. The lowest BCUT2D eigenvalue weighted by atomic mass is 10.1. The average molecular weight is 459 g/mol. The second kappa shape index (κ2) is 8.07. The van der Waals surface area contributed by atoms with Crippen molar-refractivity contribution >= 4 is 38.3 Å². The summed E-state index contributed by atoms with van der Waals surface area (Å²) < 4.78 is 1.06. The Bertz CT molecular complexity index is 1170. The molecule has 1 saturated heterocycles. The smallest absolute Gasteiger partial charge is 0.162 e. The number of rotatable bonds is 3. The van der Waals surface area contributed by atoms with Crippen molar-refractivity contribution in [2.75, 3.05) is 36.0 Å². The Labute approximate surface area is 185 Å². The number of benzene rings is 3. The summed E-state index contributed by atoms with van der Waals surface area (Å²) in [6.45, 7) is 5.96. The Kier molecular flexibility index (Phi) is 5.13. The normalized spacial score (nSPS) is 14.3. The van der Waals surface area contributed by atoms with Crippen molar-refractivity contribution in [1.29, 1.82) is 0 Å². The lowest BCUT2D eigenvalue weighted by molar-refractivity contribution is 0.649. The van der Waals surface area contributed by atoms with Gasteiger partial charge in [0.25, 0.3) is 0 Å². The van der Waals surface area contributed by atoms with Gasteiger partial charge in [-0.2, -0.15) is 0 Å². The molecule has 0 bridgehead atoms. The Morgan fingerprint density at radius 2 is 1.47 bits per heavy atom. The van der Waals surface area contributed by atoms with Crippen molar-refractivity contribution in [3.05, 3.63) is 82.8 Å². The second-order valence-corrected chi connectivity index (χ2v) is 8.62. The highest BCUT2D eigenvalue weighted by atomic mass is 79.9. The fourth-order valence-electron chi connectivity index (χ4n) is 4.01. The van der Waals surface area contributed by atoms with Crippen molar-refractivity contribution in [1.82, 2.24) is 9.97 Å². The topological polar surface area (TPSA) is 32.3 Å². The quantitative estimate of drug-likeness (QED) is 0.394. The van der Waals surface area contributed by atoms with E-state index < -0.39 is 0 Å². The molecule has 1 aliphatic heterocycles. The monoisotopic (exact) mass is 458 g/mol. The number of anilines is 2. The Hall–Kier alpha value is -2.92. The minimum absolute atomic E-state index is 0.777. The summed E-state index contributed by atoms with van der Waals surface area (Å²) in [5.41, 5.74) is 4.54. The summed E-state index contributed by atoms with van der Waals surface area (Å²) in [6.07, 6.45) is 0. The van der Waals surface area contributed by atoms with Crippen molar-refractivity contribution in [3.63, 3.8) is 0 Å². The molecule has 0 spiro atoms. The van der Waals surface area contributed by atoms with Crippen LogP contribution in [0.3, 0.4) is 0 Å². The van der Waals surface area contributed by atoms with Crippen molar-refractivity contribution < 1.29 is 0 Å². The molecular weight excluding hydrogens is 436 g/mol. The minimum Gasteiger partial charge on any atom is -0.368 e. The molecule has 4 aromatic rings. The lowest BCUT2D eigenvalue weighted by Gasteiger charge is -2.37. The van der Waals surface area contributed by atoms with Crippen molar-refractivity contribution in [2.24, 2.45) is 0 Å². The van der Waals surface area contributed by atoms with Crippen LogP contribution in [0.1, 0.15) is 5.56 Å². The molecule has 0 atom stereocenters. The summed E-state index contributed by atoms with van der Waals surface area (Å²) >= 11 is 3.51. The van der Waals surface area contributed by atoms with Crippen LogP contribution in [0.2, 0.25) is 0 Å². The fourth-order valence-corrected chi connectivity index (χ4v) is 4.27. The van der Waals surface area contributed by atoms with E-state index in [1.807, 2.05) is 12.1 Å². The maximum atomic E-state index is 5.04. The zero-order valence-electron chi connectivity index (χ0n) is 16.9. The number of nitrogens with zero attached hydrogens (tertiary/aromatic N) is 4. The van der Waals surface area contributed by atoms with Crippen LogP contribution in [0.15, 0.2) is 77.3 Å². The highest BCUT2D eigenvalue weighted by molar-refractivity contribution is 9.10. The molecule has 1 fully saturated rings. The first kappa shape index (κ1) is 19.1. The number of aryl methyl sites for hydroxylation is 1. The van der Waals surface area contributed by atoms with Gasteiger partial charge in [0, 0.05) is 47.3 Å². The van der Waals surface area contributed by atoms with Crippen LogP contribution in [-0.4, -0.2) is 36.1 Å². The fraction of sp³-hybridized carbons (Fsp3) is 0.200. The van der Waals surface area contributed by atoms with Crippen LogP contribution in [0, 0.1) is 6.92 Å². The van der Waals surface area contributed by atoms with Crippen LogP contribution in [0.4, 0.5) is 11.5 Å². The number of piperazine rings is 1. The highest BCUT2D eigenvalue weighted by Crippen LogP contribution is 2.30. The van der Waals surface area contributed by atoms with Gasteiger partial charge in [-0.25, -0.2) is 9.97 Å². The molecule has 3 aromatic carbocycles. The van der Waals surface area contributed by atoms with Crippen molar-refractivity contribution in [3.8, 4) is 11.4 Å². The van der Waals surface area contributed by atoms with Crippen LogP contribution in [0.25, 0.3) is 22.3 Å². The standard InChI is InChI=1S/C25H23BrN4/c1-18-7-12-23-22(17-18)25(28-24(27-23)19-8-10-20(26)11-9-19)30-15-13-29(14-16-30)21-5-3-2-4-6-21/h2-12,17H,13-16H2,1H3. The van der Waals surface area contributed by atoms with E-state index in [1.165, 1.54) is 11.3 Å². The van der Waals surface area contributed by atoms with E-state index in [1.54, 1.807) is 0 Å². The van der Waals surface area contributed by atoms with E-state index in [-0.39, 0.29) is 0 Å². The summed E-state index contributed by atoms with van der Waals surface area (Å²) in [4.78, 5) is 14.8. The first-order valence-electron chi connectivity index (χ1n) is 10.3. The molecule has 4 nitrogen and oxygen atoms in total. The first-order valence-corrected chi connectivity index (χ1v) is 11.1. The third kappa shape index (κ3) is 3.77. The van der Waals surface area contributed by atoms with Gasteiger partial charge in [-0.05, 0) is 43.3 Å². The van der Waals surface area contributed by atoms with E-state index in [0.717, 1.165) is 58.8 Å². The Morgan fingerprint density at radius 1 is 0.767 bits per heavy atom. The molecule has 2 heterocycles. The van der Waals surface area contributed by atoms with Gasteiger partial charge in [0.2, 0.25) is 0 Å². The first-order chi connectivity index (χ1) is 14.7. The van der Waals surface area contributed by atoms with Gasteiger partial charge < -0.3 is 9.80 Å². The van der Waals surface area contributed by atoms with Crippen LogP contribution < -0.4 is 9.80 Å². The number of hydrogen-bond acceptors (Lipinski definition) is 4. The van der Waals surface area contributed by atoms with Gasteiger partial charge in [0.15, 0.2) is 5.82 Å². The summed E-state index contributed by atoms with van der Waals surface area (Å²) in [5.74, 6) is 1.81. The summed E-state index contributed by atoms with van der Waals surface area (Å²) in [6, 6.07) is 25.3. The van der Waals surface area contributed by atoms with E-state index in [0.29, 0.717) is 0 Å². The highest BCUT2D eigenvalue weighted by Gasteiger charge is 2.21. The minimum atomic E-state index is 0.777. The van der Waals surface area contributed by atoms with Gasteiger partial charge in [-0.3, -0.25) is 0 Å². The summed E-state index contributed by atoms with van der Waals surface area (Å²) in [5, 5.41) is 1.13. The number of halogens is 1. The summed E-state index contributed by atoms with van der Waals surface area (Å²) in [7, 11) is 0. The maximum Gasteiger partial charge on any atom is 0.162 e. The molecule has 0 aliphatic carbocycles. The second-order valence-electron chi connectivity index (χ2n) is 7.71. The zero-order chi connectivity index (χ0) is 20.5. The van der Waals surface area contributed by atoms with Gasteiger partial charge in [-0.1, -0.05) is 57.9 Å². The zero-order valence-corrected chi connectivity index (χ0v) is 18.5. The molecule has 0 radical (unpaired) electrons. The predicted molar refractivity (Wildman–Crippen MR) is 128 cm³/mol. The lowest BCUT2D eigenvalue weighted by Crippen LogP contribution is -2.47. The molecule has 0 N–H and O–H groups in total. The van der Waals surface area contributed by atoms with Crippen molar-refractivity contribution in [2.45, 2.75) is 6.92 Å². The van der Waals surface area contributed by atoms with Crippen LogP contribution >= 0.6 is 15.9 Å². The van der Waals surface area contributed by atoms with E-state index >= 15 is 0 Å². The molecule has 0 amide bonds. The molecule has 1 aliphatic rings. The molecule has 5 rings (SSSR count).